The number of hydrogen-bond acceptors (Lipinski definition) is 2. The van der Waals surface area contributed by atoms with E-state index in [1.807, 2.05) is 77.6 Å². The number of amides is 1. The van der Waals surface area contributed by atoms with Crippen LogP contribution in [0.1, 0.15) is 10.4 Å². The third kappa shape index (κ3) is 2.48. The molecule has 1 aliphatic heterocycles. The Morgan fingerprint density at radius 3 is 2.43 bits per heavy atom. The molecule has 1 aromatic heterocycles. The molecular weight excluding hydrogens is 288 g/mol. The first-order valence-electron chi connectivity index (χ1n) is 7.60. The van der Waals surface area contributed by atoms with Gasteiger partial charge in [-0.25, -0.2) is 0 Å². The number of benzene rings is 2. The van der Waals surface area contributed by atoms with Gasteiger partial charge in [-0.15, -0.1) is 0 Å². The minimum absolute atomic E-state index is 0.000180. The fourth-order valence-electron chi connectivity index (χ4n) is 2.82. The summed E-state index contributed by atoms with van der Waals surface area (Å²) in [4.78, 5) is 14.6. The summed E-state index contributed by atoms with van der Waals surface area (Å²) in [6.45, 7) is 1.08. The minimum Gasteiger partial charge on any atom is -0.490 e. The van der Waals surface area contributed by atoms with E-state index in [0.717, 1.165) is 17.1 Å². The molecule has 2 heterocycles. The van der Waals surface area contributed by atoms with Gasteiger partial charge in [-0.05, 0) is 48.5 Å². The number of rotatable bonds is 2. The Balaban J connectivity index is 1.63. The van der Waals surface area contributed by atoms with Gasteiger partial charge in [-0.1, -0.05) is 12.1 Å². The molecule has 1 amide bonds. The van der Waals surface area contributed by atoms with Crippen molar-refractivity contribution >= 4 is 11.6 Å². The average molecular weight is 304 g/mol. The van der Waals surface area contributed by atoms with E-state index in [1.165, 1.54) is 0 Å². The largest absolute Gasteiger partial charge is 0.490 e. The Morgan fingerprint density at radius 2 is 1.65 bits per heavy atom. The summed E-state index contributed by atoms with van der Waals surface area (Å²) in [6.07, 6.45) is 3.96. The number of aromatic nitrogens is 1. The molecule has 2 aromatic carbocycles. The predicted octanol–water partition coefficient (Wildman–Crippen LogP) is 3.52. The minimum atomic E-state index is -0.000180. The van der Waals surface area contributed by atoms with Crippen LogP contribution in [0.4, 0.5) is 5.69 Å². The second-order valence-corrected chi connectivity index (χ2v) is 5.41. The molecule has 114 valence electrons. The number of nitrogens with zero attached hydrogens (tertiary/aromatic N) is 2. The highest BCUT2D eigenvalue weighted by Crippen LogP contribution is 2.32. The van der Waals surface area contributed by atoms with E-state index in [9.17, 15) is 4.79 Å². The quantitative estimate of drug-likeness (QED) is 0.726. The SMILES string of the molecule is O=C(c1ccc(-n2cccc2)cc1)N1CCOc2ccccc21. The van der Waals surface area contributed by atoms with E-state index in [4.69, 9.17) is 4.74 Å². The van der Waals surface area contributed by atoms with E-state index >= 15 is 0 Å². The van der Waals surface area contributed by atoms with Gasteiger partial charge in [0.15, 0.2) is 0 Å². The Hall–Kier alpha value is -3.01. The molecular formula is C19H16N2O2. The molecule has 4 heteroatoms. The van der Waals surface area contributed by atoms with E-state index in [1.54, 1.807) is 4.90 Å². The zero-order chi connectivity index (χ0) is 15.6. The van der Waals surface area contributed by atoms with Crippen molar-refractivity contribution in [2.45, 2.75) is 0 Å². The maximum atomic E-state index is 12.8. The van der Waals surface area contributed by atoms with Crippen molar-refractivity contribution in [3.63, 3.8) is 0 Å². The molecule has 4 rings (SSSR count). The molecule has 0 saturated heterocycles. The highest BCUT2D eigenvalue weighted by molar-refractivity contribution is 6.07. The lowest BCUT2D eigenvalue weighted by molar-refractivity contribution is 0.0976. The molecule has 0 radical (unpaired) electrons. The van der Waals surface area contributed by atoms with Gasteiger partial charge in [0.25, 0.3) is 5.91 Å². The van der Waals surface area contributed by atoms with E-state index in [2.05, 4.69) is 0 Å². The van der Waals surface area contributed by atoms with Gasteiger partial charge in [0.1, 0.15) is 12.4 Å². The zero-order valence-corrected chi connectivity index (χ0v) is 12.6. The fourth-order valence-corrected chi connectivity index (χ4v) is 2.82. The summed E-state index contributed by atoms with van der Waals surface area (Å²) in [5, 5.41) is 0. The van der Waals surface area contributed by atoms with Gasteiger partial charge in [0.2, 0.25) is 0 Å². The number of para-hydroxylation sites is 2. The van der Waals surface area contributed by atoms with Gasteiger partial charge in [0, 0.05) is 23.6 Å². The summed E-state index contributed by atoms with van der Waals surface area (Å²) in [5.74, 6) is 0.760. The van der Waals surface area contributed by atoms with Crippen LogP contribution in [0.15, 0.2) is 73.1 Å². The van der Waals surface area contributed by atoms with Crippen molar-refractivity contribution in [3.8, 4) is 11.4 Å². The molecule has 0 aliphatic carbocycles. The van der Waals surface area contributed by atoms with E-state index < -0.39 is 0 Å². The molecule has 23 heavy (non-hydrogen) atoms. The summed E-state index contributed by atoms with van der Waals surface area (Å²) in [6, 6.07) is 19.3. The number of fused-ring (bicyclic) bond motifs is 1. The maximum absolute atomic E-state index is 12.8. The molecule has 0 atom stereocenters. The topological polar surface area (TPSA) is 34.5 Å². The van der Waals surface area contributed by atoms with Crippen molar-refractivity contribution in [2.75, 3.05) is 18.1 Å². The van der Waals surface area contributed by atoms with E-state index in [-0.39, 0.29) is 5.91 Å². The third-order valence-corrected chi connectivity index (χ3v) is 3.99. The van der Waals surface area contributed by atoms with Crippen LogP contribution in [-0.2, 0) is 0 Å². The molecule has 3 aromatic rings. The van der Waals surface area contributed by atoms with Crippen LogP contribution in [0.5, 0.6) is 5.75 Å². The highest BCUT2D eigenvalue weighted by atomic mass is 16.5. The van der Waals surface area contributed by atoms with Crippen molar-refractivity contribution in [2.24, 2.45) is 0 Å². The lowest BCUT2D eigenvalue weighted by Gasteiger charge is -2.29. The summed E-state index contributed by atoms with van der Waals surface area (Å²) < 4.78 is 7.62. The monoisotopic (exact) mass is 304 g/mol. The second-order valence-electron chi connectivity index (χ2n) is 5.41. The smallest absolute Gasteiger partial charge is 0.258 e. The molecule has 0 N–H and O–H groups in total. The molecule has 4 nitrogen and oxygen atoms in total. The molecule has 1 aliphatic rings. The third-order valence-electron chi connectivity index (χ3n) is 3.99. The normalized spacial score (nSPS) is 13.3. The lowest BCUT2D eigenvalue weighted by atomic mass is 10.1. The van der Waals surface area contributed by atoms with Crippen LogP contribution in [0.25, 0.3) is 5.69 Å². The molecule has 0 unspecified atom stereocenters. The molecule has 0 saturated carbocycles. The second kappa shape index (κ2) is 5.65. The van der Waals surface area contributed by atoms with Crippen LogP contribution < -0.4 is 9.64 Å². The van der Waals surface area contributed by atoms with Crippen LogP contribution in [0.2, 0.25) is 0 Å². The van der Waals surface area contributed by atoms with Crippen molar-refractivity contribution < 1.29 is 9.53 Å². The summed E-state index contributed by atoms with van der Waals surface area (Å²) in [5.41, 5.74) is 2.55. The maximum Gasteiger partial charge on any atom is 0.258 e. The summed E-state index contributed by atoms with van der Waals surface area (Å²) in [7, 11) is 0. The number of ether oxygens (including phenoxy) is 1. The van der Waals surface area contributed by atoms with Crippen LogP contribution in [-0.4, -0.2) is 23.6 Å². The highest BCUT2D eigenvalue weighted by Gasteiger charge is 2.24. The van der Waals surface area contributed by atoms with Crippen molar-refractivity contribution in [1.82, 2.24) is 4.57 Å². The molecule has 0 bridgehead atoms. The first-order valence-corrected chi connectivity index (χ1v) is 7.60. The fraction of sp³-hybridized carbons (Fsp3) is 0.105. The van der Waals surface area contributed by atoms with Gasteiger partial charge >= 0.3 is 0 Å². The van der Waals surface area contributed by atoms with Crippen LogP contribution >= 0.6 is 0 Å². The van der Waals surface area contributed by atoms with Gasteiger partial charge in [0.05, 0.1) is 12.2 Å². The first kappa shape index (κ1) is 13.6. The van der Waals surface area contributed by atoms with Crippen LogP contribution in [0, 0.1) is 0 Å². The zero-order valence-electron chi connectivity index (χ0n) is 12.6. The molecule has 0 fully saturated rings. The van der Waals surface area contributed by atoms with E-state index in [0.29, 0.717) is 18.7 Å². The first-order chi connectivity index (χ1) is 11.3. The average Bonchev–Trinajstić information content (AvgIpc) is 3.15. The number of carbonyl (C=O) groups excluding carboxylic acids is 1. The molecule has 0 spiro atoms. The van der Waals surface area contributed by atoms with Crippen LogP contribution in [0.3, 0.4) is 0 Å². The van der Waals surface area contributed by atoms with Crippen molar-refractivity contribution in [1.29, 1.82) is 0 Å². The van der Waals surface area contributed by atoms with Gasteiger partial charge in [-0.2, -0.15) is 0 Å². The summed E-state index contributed by atoms with van der Waals surface area (Å²) >= 11 is 0. The Bertz CT molecular complexity index is 823. The number of anilines is 1. The van der Waals surface area contributed by atoms with Gasteiger partial charge in [-0.3, -0.25) is 4.79 Å². The predicted molar refractivity (Wildman–Crippen MR) is 89.4 cm³/mol. The standard InChI is InChI=1S/C19H16N2O2/c22-19(21-13-14-23-18-6-2-1-5-17(18)21)15-7-9-16(10-8-15)20-11-3-4-12-20/h1-12H,13-14H2. The lowest BCUT2D eigenvalue weighted by Crippen LogP contribution is -2.37. The Labute approximate surface area is 134 Å². The van der Waals surface area contributed by atoms with Gasteiger partial charge < -0.3 is 14.2 Å². The Kier molecular flexibility index (Phi) is 3.35. The number of carbonyl (C=O) groups is 1. The number of hydrogen-bond donors (Lipinski definition) is 0. The Morgan fingerprint density at radius 1 is 0.913 bits per heavy atom. The van der Waals surface area contributed by atoms with Crippen molar-refractivity contribution in [3.05, 3.63) is 78.6 Å².